The summed E-state index contributed by atoms with van der Waals surface area (Å²) in [6.45, 7) is 6.63. The molecule has 0 aliphatic carbocycles. The molecule has 0 unspecified atom stereocenters. The van der Waals surface area contributed by atoms with Gasteiger partial charge in [0.1, 0.15) is 11.5 Å². The Bertz CT molecular complexity index is 524. The van der Waals surface area contributed by atoms with Crippen molar-refractivity contribution < 1.29 is 4.74 Å². The molecule has 0 radical (unpaired) electrons. The van der Waals surface area contributed by atoms with Crippen molar-refractivity contribution in [3.63, 3.8) is 0 Å². The van der Waals surface area contributed by atoms with Crippen LogP contribution in [0.4, 0.5) is 0 Å². The topological polar surface area (TPSA) is 9.23 Å². The molecule has 0 fully saturated rings. The number of hydrogen-bond acceptors (Lipinski definition) is 1. The fraction of sp³-hybridized carbons (Fsp3) is 0.250. The molecular formula is C16H17IO. The second kappa shape index (κ2) is 5.31. The maximum atomic E-state index is 5.87. The second-order valence-electron chi connectivity index (χ2n) is 5.31. The van der Waals surface area contributed by atoms with Crippen molar-refractivity contribution in [2.75, 3.05) is 0 Å². The van der Waals surface area contributed by atoms with Crippen molar-refractivity contribution in [3.8, 4) is 11.5 Å². The largest absolute Gasteiger partial charge is 0.456 e. The van der Waals surface area contributed by atoms with Gasteiger partial charge in [0.05, 0.1) is 3.57 Å². The van der Waals surface area contributed by atoms with E-state index >= 15 is 0 Å². The van der Waals surface area contributed by atoms with Crippen LogP contribution in [0.25, 0.3) is 0 Å². The zero-order valence-corrected chi connectivity index (χ0v) is 13.1. The van der Waals surface area contributed by atoms with Crippen LogP contribution in [0.1, 0.15) is 26.3 Å². The van der Waals surface area contributed by atoms with Gasteiger partial charge in [0.15, 0.2) is 0 Å². The first-order valence-corrected chi connectivity index (χ1v) is 7.07. The van der Waals surface area contributed by atoms with Gasteiger partial charge in [0, 0.05) is 0 Å². The summed E-state index contributed by atoms with van der Waals surface area (Å²) >= 11 is 2.28. The molecule has 18 heavy (non-hydrogen) atoms. The zero-order valence-electron chi connectivity index (χ0n) is 10.9. The third kappa shape index (κ3) is 3.25. The minimum atomic E-state index is 0.180. The van der Waals surface area contributed by atoms with Gasteiger partial charge in [-0.1, -0.05) is 45.0 Å². The van der Waals surface area contributed by atoms with Crippen LogP contribution in [0.2, 0.25) is 0 Å². The summed E-state index contributed by atoms with van der Waals surface area (Å²) in [6, 6.07) is 16.3. The van der Waals surface area contributed by atoms with Crippen LogP contribution in [0.15, 0.2) is 48.5 Å². The lowest BCUT2D eigenvalue weighted by molar-refractivity contribution is 0.478. The van der Waals surface area contributed by atoms with Gasteiger partial charge in [-0.05, 0) is 57.8 Å². The average Bonchev–Trinajstić information content (AvgIpc) is 2.32. The second-order valence-corrected chi connectivity index (χ2v) is 6.47. The summed E-state index contributed by atoms with van der Waals surface area (Å²) in [5.41, 5.74) is 1.50. The van der Waals surface area contributed by atoms with Gasteiger partial charge in [0.2, 0.25) is 0 Å². The third-order valence-electron chi connectivity index (χ3n) is 2.78. The Balaban J connectivity index is 2.19. The molecule has 0 bridgehead atoms. The van der Waals surface area contributed by atoms with Gasteiger partial charge < -0.3 is 4.74 Å². The van der Waals surface area contributed by atoms with E-state index in [0.717, 1.165) is 15.1 Å². The zero-order chi connectivity index (χ0) is 13.2. The van der Waals surface area contributed by atoms with E-state index in [4.69, 9.17) is 4.74 Å². The monoisotopic (exact) mass is 352 g/mol. The Morgan fingerprint density at radius 1 is 0.889 bits per heavy atom. The van der Waals surface area contributed by atoms with Crippen molar-refractivity contribution in [3.05, 3.63) is 57.7 Å². The molecule has 0 saturated heterocycles. The summed E-state index contributed by atoms with van der Waals surface area (Å²) in [5.74, 6) is 1.79. The fourth-order valence-corrected chi connectivity index (χ4v) is 2.17. The van der Waals surface area contributed by atoms with E-state index in [1.54, 1.807) is 0 Å². The van der Waals surface area contributed by atoms with Crippen LogP contribution in [0.5, 0.6) is 11.5 Å². The molecule has 1 nitrogen and oxygen atoms in total. The van der Waals surface area contributed by atoms with Gasteiger partial charge in [-0.15, -0.1) is 0 Å². The molecular weight excluding hydrogens is 335 g/mol. The highest BCUT2D eigenvalue weighted by molar-refractivity contribution is 14.1. The molecule has 0 spiro atoms. The van der Waals surface area contributed by atoms with Crippen LogP contribution in [-0.2, 0) is 5.41 Å². The van der Waals surface area contributed by atoms with Gasteiger partial charge in [0.25, 0.3) is 0 Å². The lowest BCUT2D eigenvalue weighted by atomic mass is 9.87. The van der Waals surface area contributed by atoms with Crippen molar-refractivity contribution in [1.29, 1.82) is 0 Å². The number of hydrogen-bond donors (Lipinski definition) is 0. The van der Waals surface area contributed by atoms with E-state index in [1.807, 2.05) is 36.4 Å². The fourth-order valence-electron chi connectivity index (χ4n) is 1.68. The first-order chi connectivity index (χ1) is 8.47. The van der Waals surface area contributed by atoms with Crippen LogP contribution < -0.4 is 4.74 Å². The predicted molar refractivity (Wildman–Crippen MR) is 84.4 cm³/mol. The Kier molecular flexibility index (Phi) is 3.95. The highest BCUT2D eigenvalue weighted by Crippen LogP contribution is 2.29. The molecule has 0 N–H and O–H groups in total. The molecule has 0 aliphatic rings. The van der Waals surface area contributed by atoms with E-state index < -0.39 is 0 Å². The molecule has 2 rings (SSSR count). The molecule has 2 heteroatoms. The smallest absolute Gasteiger partial charge is 0.140 e. The lowest BCUT2D eigenvalue weighted by Crippen LogP contribution is -2.10. The molecule has 0 aromatic heterocycles. The van der Waals surface area contributed by atoms with Crippen LogP contribution >= 0.6 is 22.6 Å². The summed E-state index contributed by atoms with van der Waals surface area (Å²) in [6.07, 6.45) is 0. The maximum absolute atomic E-state index is 5.87. The molecule has 0 saturated carbocycles. The first kappa shape index (κ1) is 13.4. The SMILES string of the molecule is CC(C)(C)c1ccc(Oc2ccccc2I)cc1. The summed E-state index contributed by atoms with van der Waals surface area (Å²) in [5, 5.41) is 0. The molecule has 94 valence electrons. The number of benzene rings is 2. The van der Waals surface area contributed by atoms with Crippen LogP contribution in [0.3, 0.4) is 0 Å². The molecule has 0 atom stereocenters. The van der Waals surface area contributed by atoms with E-state index in [0.29, 0.717) is 0 Å². The number of rotatable bonds is 2. The van der Waals surface area contributed by atoms with Crippen molar-refractivity contribution in [1.82, 2.24) is 0 Å². The minimum Gasteiger partial charge on any atom is -0.456 e. The molecule has 2 aromatic carbocycles. The Labute approximate surface area is 122 Å². The normalized spacial score (nSPS) is 11.3. The Hall–Kier alpha value is -1.03. The summed E-state index contributed by atoms with van der Waals surface area (Å²) in [7, 11) is 0. The quantitative estimate of drug-likeness (QED) is 0.660. The highest BCUT2D eigenvalue weighted by Gasteiger charge is 2.13. The molecule has 0 aliphatic heterocycles. The predicted octanol–water partition coefficient (Wildman–Crippen LogP) is 5.38. The number of para-hydroxylation sites is 1. The highest BCUT2D eigenvalue weighted by atomic mass is 127. The standard InChI is InChI=1S/C16H17IO/c1-16(2,3)12-8-10-13(11-9-12)18-15-7-5-4-6-14(15)17/h4-11H,1-3H3. The molecule has 0 amide bonds. The first-order valence-electron chi connectivity index (χ1n) is 6.00. The van der Waals surface area contributed by atoms with Crippen molar-refractivity contribution in [2.24, 2.45) is 0 Å². The van der Waals surface area contributed by atoms with Crippen LogP contribution in [-0.4, -0.2) is 0 Å². The van der Waals surface area contributed by atoms with Gasteiger partial charge in [-0.25, -0.2) is 0 Å². The Morgan fingerprint density at radius 3 is 2.06 bits per heavy atom. The maximum Gasteiger partial charge on any atom is 0.140 e. The Morgan fingerprint density at radius 2 is 1.50 bits per heavy atom. The van der Waals surface area contributed by atoms with Crippen molar-refractivity contribution in [2.45, 2.75) is 26.2 Å². The van der Waals surface area contributed by atoms with E-state index in [2.05, 4.69) is 55.5 Å². The number of ether oxygens (including phenoxy) is 1. The summed E-state index contributed by atoms with van der Waals surface area (Å²) < 4.78 is 6.99. The lowest BCUT2D eigenvalue weighted by Gasteiger charge is -2.19. The molecule has 2 aromatic rings. The van der Waals surface area contributed by atoms with Gasteiger partial charge in [-0.2, -0.15) is 0 Å². The van der Waals surface area contributed by atoms with E-state index in [1.165, 1.54) is 5.56 Å². The van der Waals surface area contributed by atoms with Gasteiger partial charge in [-0.3, -0.25) is 0 Å². The average molecular weight is 352 g/mol. The number of halogens is 1. The minimum absolute atomic E-state index is 0.180. The van der Waals surface area contributed by atoms with Gasteiger partial charge >= 0.3 is 0 Å². The van der Waals surface area contributed by atoms with Crippen LogP contribution in [0, 0.1) is 3.57 Å². The molecule has 0 heterocycles. The third-order valence-corrected chi connectivity index (χ3v) is 3.68. The summed E-state index contributed by atoms with van der Waals surface area (Å²) in [4.78, 5) is 0. The van der Waals surface area contributed by atoms with E-state index in [-0.39, 0.29) is 5.41 Å². The van der Waals surface area contributed by atoms with E-state index in [9.17, 15) is 0 Å². The van der Waals surface area contributed by atoms with Crippen molar-refractivity contribution >= 4 is 22.6 Å².